The van der Waals surface area contributed by atoms with E-state index in [0.717, 1.165) is 45.4 Å². The number of aliphatic hydroxyl groups excluding tert-OH is 4. The average Bonchev–Trinajstić information content (AvgIpc) is 3.28. The second kappa shape index (κ2) is 19.6. The van der Waals surface area contributed by atoms with Gasteiger partial charge in [-0.05, 0) is 6.42 Å². The van der Waals surface area contributed by atoms with Gasteiger partial charge in [0.05, 0.1) is 25.0 Å². The minimum Gasteiger partial charge on any atom is -0.455 e. The third-order valence-corrected chi connectivity index (χ3v) is 7.95. The molecule has 2 rings (SSSR count). The topological polar surface area (TPSA) is 214 Å². The fraction of sp³-hybridized carbons (Fsp3) is 0.875. The first-order valence-electron chi connectivity index (χ1n) is 16.5. The summed E-state index contributed by atoms with van der Waals surface area (Å²) in [5.74, 6) is -6.77. The van der Waals surface area contributed by atoms with E-state index >= 15 is 0 Å². The second-order valence-electron chi connectivity index (χ2n) is 12.6. The minimum atomic E-state index is -2.38. The molecule has 9 unspecified atom stereocenters. The van der Waals surface area contributed by atoms with Gasteiger partial charge in [-0.25, -0.2) is 0 Å². The normalized spacial score (nSPS) is 30.7. The van der Waals surface area contributed by atoms with Crippen LogP contribution in [0.3, 0.4) is 0 Å². The lowest BCUT2D eigenvalue weighted by atomic mass is 9.97. The molecule has 0 amide bonds. The van der Waals surface area contributed by atoms with Crippen molar-refractivity contribution in [3.8, 4) is 0 Å². The van der Waals surface area contributed by atoms with Crippen LogP contribution in [0.4, 0.5) is 0 Å². The molecule has 4 N–H and O–H groups in total. The Morgan fingerprint density at radius 1 is 0.745 bits per heavy atom. The molecule has 2 saturated heterocycles. The van der Waals surface area contributed by atoms with Crippen LogP contribution in [-0.2, 0) is 52.3 Å². The monoisotopic (exact) mass is 678 g/mol. The molecule has 9 atom stereocenters. The molecule has 2 aliphatic rings. The summed E-state index contributed by atoms with van der Waals surface area (Å²) in [6.07, 6.45) is -6.02. The zero-order valence-electron chi connectivity index (χ0n) is 28.3. The van der Waals surface area contributed by atoms with Gasteiger partial charge in [-0.15, -0.1) is 0 Å². The summed E-state index contributed by atoms with van der Waals surface area (Å²) in [5, 5.41) is 41.7. The Kier molecular flexibility index (Phi) is 17.0. The van der Waals surface area contributed by atoms with Gasteiger partial charge in [-0.3, -0.25) is 19.2 Å². The Hall–Kier alpha value is -2.40. The van der Waals surface area contributed by atoms with Crippen molar-refractivity contribution < 1.29 is 72.8 Å². The molecule has 272 valence electrons. The van der Waals surface area contributed by atoms with Crippen molar-refractivity contribution in [3.63, 3.8) is 0 Å². The van der Waals surface area contributed by atoms with E-state index in [-0.39, 0.29) is 6.42 Å². The molecular weight excluding hydrogens is 624 g/mol. The summed E-state index contributed by atoms with van der Waals surface area (Å²) < 4.78 is 39.9. The highest BCUT2D eigenvalue weighted by Crippen LogP contribution is 2.39. The lowest BCUT2D eigenvalue weighted by Gasteiger charge is -2.46. The van der Waals surface area contributed by atoms with Gasteiger partial charge in [0, 0.05) is 13.3 Å². The van der Waals surface area contributed by atoms with E-state index in [9.17, 15) is 39.6 Å². The highest BCUT2D eigenvalue weighted by molar-refractivity contribution is 5.73. The Balaban J connectivity index is 2.41. The van der Waals surface area contributed by atoms with E-state index in [1.807, 2.05) is 0 Å². The molecule has 0 aromatic heterocycles. The minimum absolute atomic E-state index is 0.00100. The molecule has 0 radical (unpaired) electrons. The van der Waals surface area contributed by atoms with Crippen molar-refractivity contribution in [2.24, 2.45) is 11.8 Å². The van der Waals surface area contributed by atoms with Gasteiger partial charge in [-0.2, -0.15) is 0 Å². The Morgan fingerprint density at radius 2 is 1.30 bits per heavy atom. The van der Waals surface area contributed by atoms with Crippen molar-refractivity contribution in [1.82, 2.24) is 0 Å². The van der Waals surface area contributed by atoms with Crippen LogP contribution in [0.15, 0.2) is 0 Å². The largest absolute Gasteiger partial charge is 0.455 e. The van der Waals surface area contributed by atoms with Gasteiger partial charge < -0.3 is 53.6 Å². The Morgan fingerprint density at radius 3 is 1.81 bits per heavy atom. The maximum atomic E-state index is 12.9. The molecular formula is C32H54O15. The Labute approximate surface area is 276 Å². The molecule has 15 heteroatoms. The molecule has 0 spiro atoms. The lowest BCUT2D eigenvalue weighted by Crippen LogP contribution is -2.65. The predicted octanol–water partition coefficient (Wildman–Crippen LogP) is 1.28. The summed E-state index contributed by atoms with van der Waals surface area (Å²) in [5.41, 5.74) is 0. The molecule has 0 aromatic carbocycles. The summed E-state index contributed by atoms with van der Waals surface area (Å²) in [7, 11) is 0. The van der Waals surface area contributed by atoms with Gasteiger partial charge in [0.25, 0.3) is 0 Å². The number of rotatable bonds is 19. The van der Waals surface area contributed by atoms with Crippen LogP contribution in [0, 0.1) is 11.8 Å². The smallest absolute Gasteiger partial charge is 0.308 e. The number of carbonyl (C=O) groups is 4. The summed E-state index contributed by atoms with van der Waals surface area (Å²) in [6, 6.07) is 0. The van der Waals surface area contributed by atoms with E-state index in [1.54, 1.807) is 27.7 Å². The standard InChI is InChI=1S/C32H54O15/c1-7-8-9-10-11-12-13-14-23(37)43-28-24(38)21(15-33)46-32(28,17-35)47-31-27(41-20(6)36)26(45-30(40)19(4)5)25(22(16-34)42-31)44-29(39)18(2)3/h18-19,21-22,24-28,31,33-35,38H,7-17H2,1-6H3. The number of carbonyl (C=O) groups excluding carboxylic acids is 4. The average molecular weight is 679 g/mol. The van der Waals surface area contributed by atoms with Crippen molar-refractivity contribution >= 4 is 23.9 Å². The SMILES string of the molecule is CCCCCCCCCC(=O)OC1C(O)C(CO)OC1(CO)OC1OC(CO)C(OC(=O)C(C)C)C(OC(=O)C(C)C)C1OC(C)=O. The maximum absolute atomic E-state index is 12.9. The van der Waals surface area contributed by atoms with Gasteiger partial charge in [0.15, 0.2) is 24.4 Å². The fourth-order valence-corrected chi connectivity index (χ4v) is 5.29. The number of unbranched alkanes of at least 4 members (excludes halogenated alkanes) is 6. The van der Waals surface area contributed by atoms with E-state index in [4.69, 9.17) is 33.2 Å². The van der Waals surface area contributed by atoms with Gasteiger partial charge in [0.1, 0.15) is 24.9 Å². The second-order valence-corrected chi connectivity index (χ2v) is 12.6. The van der Waals surface area contributed by atoms with Gasteiger partial charge in [0.2, 0.25) is 12.1 Å². The third-order valence-electron chi connectivity index (χ3n) is 7.95. The van der Waals surface area contributed by atoms with Crippen LogP contribution in [0.5, 0.6) is 0 Å². The molecule has 47 heavy (non-hydrogen) atoms. The Bertz CT molecular complexity index is 1000. The van der Waals surface area contributed by atoms with E-state index in [1.165, 1.54) is 0 Å². The first-order valence-corrected chi connectivity index (χ1v) is 16.5. The number of ether oxygens (including phenoxy) is 7. The predicted molar refractivity (Wildman–Crippen MR) is 162 cm³/mol. The van der Waals surface area contributed by atoms with Gasteiger partial charge in [-0.1, -0.05) is 73.1 Å². The summed E-state index contributed by atoms with van der Waals surface area (Å²) >= 11 is 0. The van der Waals surface area contributed by atoms with Gasteiger partial charge >= 0.3 is 23.9 Å². The van der Waals surface area contributed by atoms with Crippen LogP contribution in [0.1, 0.15) is 92.9 Å². The highest BCUT2D eigenvalue weighted by Gasteiger charge is 2.62. The molecule has 2 aliphatic heterocycles. The number of hydrogen-bond donors (Lipinski definition) is 4. The lowest BCUT2D eigenvalue weighted by molar-refractivity contribution is -0.384. The van der Waals surface area contributed by atoms with E-state index < -0.39 is 110 Å². The zero-order valence-corrected chi connectivity index (χ0v) is 28.3. The fourth-order valence-electron chi connectivity index (χ4n) is 5.29. The van der Waals surface area contributed by atoms with Crippen molar-refractivity contribution in [3.05, 3.63) is 0 Å². The first kappa shape index (κ1) is 40.8. The maximum Gasteiger partial charge on any atom is 0.308 e. The van der Waals surface area contributed by atoms with Crippen LogP contribution in [0.25, 0.3) is 0 Å². The van der Waals surface area contributed by atoms with Crippen LogP contribution in [-0.4, -0.2) is 119 Å². The molecule has 2 heterocycles. The summed E-state index contributed by atoms with van der Waals surface area (Å²) in [4.78, 5) is 50.6. The molecule has 0 aliphatic carbocycles. The number of hydrogen-bond acceptors (Lipinski definition) is 15. The summed E-state index contributed by atoms with van der Waals surface area (Å²) in [6.45, 7) is 6.80. The number of esters is 4. The van der Waals surface area contributed by atoms with E-state index in [2.05, 4.69) is 6.92 Å². The molecule has 0 aromatic rings. The van der Waals surface area contributed by atoms with Crippen molar-refractivity contribution in [2.45, 2.75) is 148 Å². The quantitative estimate of drug-likeness (QED) is 0.0860. The third kappa shape index (κ3) is 11.3. The molecule has 15 nitrogen and oxygen atoms in total. The van der Waals surface area contributed by atoms with Crippen LogP contribution >= 0.6 is 0 Å². The zero-order chi connectivity index (χ0) is 35.3. The van der Waals surface area contributed by atoms with E-state index in [0.29, 0.717) is 6.42 Å². The molecule has 2 fully saturated rings. The highest BCUT2D eigenvalue weighted by atomic mass is 16.8. The number of aliphatic hydroxyl groups is 4. The molecule has 0 bridgehead atoms. The van der Waals surface area contributed by atoms with Crippen molar-refractivity contribution in [2.75, 3.05) is 19.8 Å². The molecule has 0 saturated carbocycles. The first-order chi connectivity index (χ1) is 22.2. The van der Waals surface area contributed by atoms with Crippen molar-refractivity contribution in [1.29, 1.82) is 0 Å². The van der Waals surface area contributed by atoms with Crippen LogP contribution < -0.4 is 0 Å². The van der Waals surface area contributed by atoms with Crippen LogP contribution in [0.2, 0.25) is 0 Å².